The quantitative estimate of drug-likeness (QED) is 0.494. The van der Waals surface area contributed by atoms with Crippen LogP contribution in [-0.4, -0.2) is 6.21 Å². The standard InChI is InChI=1S/C17H13F3N2/c1-13-4-6-14(7-5-13)3-2-12-21-22-16-10-8-15(9-11-16)17(18,19)20/h4-12,22H,1H3/b21-12-. The lowest BCUT2D eigenvalue weighted by Crippen LogP contribution is -2.04. The van der Waals surface area contributed by atoms with Gasteiger partial charge in [-0.05, 0) is 49.2 Å². The molecule has 0 aliphatic heterocycles. The van der Waals surface area contributed by atoms with Gasteiger partial charge in [-0.15, -0.1) is 0 Å². The molecule has 0 unspecified atom stereocenters. The third-order valence-electron chi connectivity index (χ3n) is 2.80. The van der Waals surface area contributed by atoms with Gasteiger partial charge in [0.25, 0.3) is 0 Å². The Hall–Kier alpha value is -2.74. The Kier molecular flexibility index (Phi) is 4.84. The molecule has 5 heteroatoms. The van der Waals surface area contributed by atoms with Crippen LogP contribution in [0.1, 0.15) is 16.7 Å². The number of hydrogen-bond donors (Lipinski definition) is 1. The van der Waals surface area contributed by atoms with Gasteiger partial charge in [0.15, 0.2) is 0 Å². The van der Waals surface area contributed by atoms with E-state index in [1.165, 1.54) is 18.3 Å². The zero-order valence-electron chi connectivity index (χ0n) is 11.8. The van der Waals surface area contributed by atoms with Gasteiger partial charge < -0.3 is 0 Å². The van der Waals surface area contributed by atoms with Crippen LogP contribution in [0.5, 0.6) is 0 Å². The molecule has 2 nitrogen and oxygen atoms in total. The Labute approximate surface area is 126 Å². The van der Waals surface area contributed by atoms with Crippen molar-refractivity contribution in [1.82, 2.24) is 0 Å². The minimum Gasteiger partial charge on any atom is -0.278 e. The number of nitrogens with zero attached hydrogens (tertiary/aromatic N) is 1. The fraction of sp³-hybridized carbons (Fsp3) is 0.118. The highest BCUT2D eigenvalue weighted by atomic mass is 19.4. The Morgan fingerprint density at radius 2 is 1.64 bits per heavy atom. The summed E-state index contributed by atoms with van der Waals surface area (Å²) in [6.07, 6.45) is -2.97. The zero-order valence-corrected chi connectivity index (χ0v) is 11.8. The van der Waals surface area contributed by atoms with E-state index in [9.17, 15) is 13.2 Å². The lowest BCUT2D eigenvalue weighted by molar-refractivity contribution is -0.137. The molecule has 2 aromatic rings. The predicted molar refractivity (Wildman–Crippen MR) is 81.6 cm³/mol. The molecule has 0 aromatic heterocycles. The first-order valence-electron chi connectivity index (χ1n) is 6.48. The lowest BCUT2D eigenvalue weighted by Gasteiger charge is -2.06. The van der Waals surface area contributed by atoms with Crippen molar-refractivity contribution in [3.8, 4) is 11.8 Å². The predicted octanol–water partition coefficient (Wildman–Crippen LogP) is 4.46. The van der Waals surface area contributed by atoms with Gasteiger partial charge in [0, 0.05) is 5.56 Å². The van der Waals surface area contributed by atoms with Crippen molar-refractivity contribution in [1.29, 1.82) is 0 Å². The summed E-state index contributed by atoms with van der Waals surface area (Å²) >= 11 is 0. The van der Waals surface area contributed by atoms with E-state index >= 15 is 0 Å². The number of aryl methyl sites for hydroxylation is 1. The van der Waals surface area contributed by atoms with Crippen LogP contribution >= 0.6 is 0 Å². The Balaban J connectivity index is 1.92. The first-order chi connectivity index (χ1) is 10.4. The van der Waals surface area contributed by atoms with E-state index in [2.05, 4.69) is 22.4 Å². The number of nitrogens with one attached hydrogen (secondary N) is 1. The number of anilines is 1. The highest BCUT2D eigenvalue weighted by Gasteiger charge is 2.29. The Bertz CT molecular complexity index is 703. The van der Waals surface area contributed by atoms with Crippen LogP contribution < -0.4 is 5.43 Å². The summed E-state index contributed by atoms with van der Waals surface area (Å²) in [5.74, 6) is 5.64. The minimum absolute atomic E-state index is 0.460. The van der Waals surface area contributed by atoms with E-state index in [1.807, 2.05) is 31.2 Å². The third-order valence-corrected chi connectivity index (χ3v) is 2.80. The SMILES string of the molecule is Cc1ccc(C#C/C=N\Nc2ccc(C(F)(F)F)cc2)cc1. The molecule has 0 radical (unpaired) electrons. The number of rotatable bonds is 2. The van der Waals surface area contributed by atoms with Crippen LogP contribution in [0, 0.1) is 18.8 Å². The van der Waals surface area contributed by atoms with E-state index in [0.717, 1.165) is 23.3 Å². The Morgan fingerprint density at radius 1 is 1.00 bits per heavy atom. The summed E-state index contributed by atoms with van der Waals surface area (Å²) in [5, 5.41) is 3.84. The average molecular weight is 302 g/mol. The zero-order chi connectivity index (χ0) is 16.0. The largest absolute Gasteiger partial charge is 0.416 e. The van der Waals surface area contributed by atoms with Crippen LogP contribution in [0.2, 0.25) is 0 Å². The summed E-state index contributed by atoms with van der Waals surface area (Å²) in [5.41, 5.74) is 4.41. The van der Waals surface area contributed by atoms with Crippen molar-refractivity contribution in [2.24, 2.45) is 5.10 Å². The number of alkyl halides is 3. The molecule has 1 N–H and O–H groups in total. The van der Waals surface area contributed by atoms with Gasteiger partial charge in [-0.2, -0.15) is 18.3 Å². The fourth-order valence-corrected chi connectivity index (χ4v) is 1.63. The van der Waals surface area contributed by atoms with E-state index in [0.29, 0.717) is 5.69 Å². The molecule has 0 spiro atoms. The lowest BCUT2D eigenvalue weighted by atomic mass is 10.2. The van der Waals surface area contributed by atoms with Gasteiger partial charge >= 0.3 is 6.18 Å². The first-order valence-corrected chi connectivity index (χ1v) is 6.48. The molecule has 0 fully saturated rings. The van der Waals surface area contributed by atoms with Crippen molar-refractivity contribution < 1.29 is 13.2 Å². The molecule has 2 aromatic carbocycles. The monoisotopic (exact) mass is 302 g/mol. The van der Waals surface area contributed by atoms with Crippen molar-refractivity contribution in [2.45, 2.75) is 13.1 Å². The molecule has 0 atom stereocenters. The molecule has 0 bridgehead atoms. The van der Waals surface area contributed by atoms with E-state index < -0.39 is 11.7 Å². The normalized spacial score (nSPS) is 11.1. The van der Waals surface area contributed by atoms with Gasteiger partial charge in [0.1, 0.15) is 0 Å². The Morgan fingerprint density at radius 3 is 2.23 bits per heavy atom. The summed E-state index contributed by atoms with van der Waals surface area (Å²) in [4.78, 5) is 0. The second kappa shape index (κ2) is 6.81. The van der Waals surface area contributed by atoms with Crippen molar-refractivity contribution in [2.75, 3.05) is 5.43 Å². The molecule has 0 heterocycles. The molecule has 22 heavy (non-hydrogen) atoms. The average Bonchev–Trinajstić information content (AvgIpc) is 2.48. The van der Waals surface area contributed by atoms with E-state index in [-0.39, 0.29) is 0 Å². The van der Waals surface area contributed by atoms with Gasteiger partial charge in [-0.1, -0.05) is 23.6 Å². The molecule has 112 valence electrons. The molecule has 2 rings (SSSR count). The molecule has 0 saturated heterocycles. The number of halogens is 3. The number of hydrazone groups is 1. The topological polar surface area (TPSA) is 24.4 Å². The van der Waals surface area contributed by atoms with Crippen LogP contribution in [0.15, 0.2) is 53.6 Å². The smallest absolute Gasteiger partial charge is 0.278 e. The summed E-state index contributed by atoms with van der Waals surface area (Å²) in [7, 11) is 0. The van der Waals surface area contributed by atoms with Crippen LogP contribution in [-0.2, 0) is 6.18 Å². The molecule has 0 aliphatic carbocycles. The van der Waals surface area contributed by atoms with Crippen molar-refractivity contribution >= 4 is 11.9 Å². The molecule has 0 saturated carbocycles. The second-order valence-corrected chi connectivity index (χ2v) is 4.58. The first kappa shape index (κ1) is 15.6. The highest BCUT2D eigenvalue weighted by Crippen LogP contribution is 2.29. The van der Waals surface area contributed by atoms with Gasteiger partial charge in [0.05, 0.1) is 17.5 Å². The van der Waals surface area contributed by atoms with Gasteiger partial charge in [-0.25, -0.2) is 0 Å². The van der Waals surface area contributed by atoms with Crippen molar-refractivity contribution in [3.05, 3.63) is 65.2 Å². The van der Waals surface area contributed by atoms with Gasteiger partial charge in [0.2, 0.25) is 0 Å². The second-order valence-electron chi connectivity index (χ2n) is 4.58. The van der Waals surface area contributed by atoms with Crippen LogP contribution in [0.4, 0.5) is 18.9 Å². The third kappa shape index (κ3) is 4.67. The van der Waals surface area contributed by atoms with E-state index in [1.54, 1.807) is 0 Å². The van der Waals surface area contributed by atoms with Crippen LogP contribution in [0.3, 0.4) is 0 Å². The summed E-state index contributed by atoms with van der Waals surface area (Å²) < 4.78 is 37.2. The fourth-order valence-electron chi connectivity index (χ4n) is 1.63. The van der Waals surface area contributed by atoms with Crippen molar-refractivity contribution in [3.63, 3.8) is 0 Å². The summed E-state index contributed by atoms with van der Waals surface area (Å²) in [6, 6.07) is 12.3. The maximum atomic E-state index is 12.4. The maximum Gasteiger partial charge on any atom is 0.416 e. The number of hydrogen-bond acceptors (Lipinski definition) is 2. The molecule has 0 aliphatic rings. The molecular weight excluding hydrogens is 289 g/mol. The summed E-state index contributed by atoms with van der Waals surface area (Å²) in [6.45, 7) is 1.99. The van der Waals surface area contributed by atoms with Crippen LogP contribution in [0.25, 0.3) is 0 Å². The molecule has 0 amide bonds. The van der Waals surface area contributed by atoms with E-state index in [4.69, 9.17) is 0 Å². The molecular formula is C17H13F3N2. The minimum atomic E-state index is -4.33. The number of benzene rings is 2. The highest BCUT2D eigenvalue weighted by molar-refractivity contribution is 5.79. The van der Waals surface area contributed by atoms with Gasteiger partial charge in [-0.3, -0.25) is 5.43 Å². The maximum absolute atomic E-state index is 12.4.